The molecule has 0 N–H and O–H groups in total. The average molecular weight is 148 g/mol. The fourth-order valence-electron chi connectivity index (χ4n) is 1.30. The minimum Gasteiger partial charge on any atom is -0.0877 e. The summed E-state index contributed by atoms with van der Waals surface area (Å²) in [5.74, 6) is 0. The highest BCUT2D eigenvalue weighted by Gasteiger charge is 1.98. The summed E-state index contributed by atoms with van der Waals surface area (Å²) in [5, 5.41) is 0. The van der Waals surface area contributed by atoms with Gasteiger partial charge in [-0.1, -0.05) is 36.0 Å². The molecule has 60 valence electrons. The van der Waals surface area contributed by atoms with Gasteiger partial charge in [-0.05, 0) is 32.6 Å². The third-order valence-electron chi connectivity index (χ3n) is 1.94. The van der Waals surface area contributed by atoms with Gasteiger partial charge >= 0.3 is 0 Å². The highest BCUT2D eigenvalue weighted by Crippen LogP contribution is 2.17. The molecule has 0 amide bonds. The van der Waals surface area contributed by atoms with Gasteiger partial charge in [0.05, 0.1) is 0 Å². The molecule has 0 heteroatoms. The van der Waals surface area contributed by atoms with Gasteiger partial charge in [0.25, 0.3) is 0 Å². The second-order valence-corrected chi connectivity index (χ2v) is 2.91. The van der Waals surface area contributed by atoms with Crippen molar-refractivity contribution in [3.8, 4) is 0 Å². The van der Waals surface area contributed by atoms with Gasteiger partial charge in [-0.25, -0.2) is 0 Å². The molecule has 0 radical (unpaired) electrons. The average Bonchev–Trinajstić information content (AvgIpc) is 2.07. The molecular weight excluding hydrogens is 132 g/mol. The Kier molecular flexibility index (Phi) is 3.74. The second-order valence-electron chi connectivity index (χ2n) is 2.91. The summed E-state index contributed by atoms with van der Waals surface area (Å²) in [6.07, 6.45) is 16.1. The quantitative estimate of drug-likeness (QED) is 0.525. The third-order valence-corrected chi connectivity index (χ3v) is 1.94. The van der Waals surface area contributed by atoms with E-state index in [-0.39, 0.29) is 0 Å². The smallest absolute Gasteiger partial charge is 0.0282 e. The Hall–Kier alpha value is -0.780. The number of hydrogen-bond acceptors (Lipinski definition) is 0. The van der Waals surface area contributed by atoms with Gasteiger partial charge in [0.15, 0.2) is 0 Å². The maximum absolute atomic E-state index is 2.35. The Morgan fingerprint density at radius 2 is 2.18 bits per heavy atom. The number of hydrogen-bond donors (Lipinski definition) is 0. The lowest BCUT2D eigenvalue weighted by Crippen LogP contribution is -1.87. The van der Waals surface area contributed by atoms with E-state index in [1.54, 1.807) is 0 Å². The van der Waals surface area contributed by atoms with Crippen LogP contribution in [0.1, 0.15) is 32.6 Å². The Balaban J connectivity index is 2.40. The molecule has 0 bridgehead atoms. The van der Waals surface area contributed by atoms with Gasteiger partial charge in [-0.3, -0.25) is 0 Å². The van der Waals surface area contributed by atoms with Crippen molar-refractivity contribution in [2.24, 2.45) is 0 Å². The summed E-state index contributed by atoms with van der Waals surface area (Å²) in [6, 6.07) is 0. The Labute approximate surface area is 69.3 Å². The zero-order valence-electron chi connectivity index (χ0n) is 7.22. The molecule has 0 fully saturated rings. The minimum absolute atomic E-state index is 1.27. The van der Waals surface area contributed by atoms with Crippen molar-refractivity contribution in [2.75, 3.05) is 0 Å². The Bertz CT molecular complexity index is 182. The lowest BCUT2D eigenvalue weighted by molar-refractivity contribution is 0.712. The molecule has 1 aliphatic rings. The van der Waals surface area contributed by atoms with Crippen LogP contribution in [0.4, 0.5) is 0 Å². The number of allylic oxidation sites excluding steroid dienone is 6. The summed E-state index contributed by atoms with van der Waals surface area (Å²) in [6.45, 7) is 2.04. The molecule has 11 heavy (non-hydrogen) atoms. The third kappa shape index (κ3) is 3.22. The van der Waals surface area contributed by atoms with Crippen LogP contribution in [0.15, 0.2) is 36.0 Å². The Morgan fingerprint density at radius 3 is 2.82 bits per heavy atom. The van der Waals surface area contributed by atoms with Gasteiger partial charge in [-0.15, -0.1) is 0 Å². The van der Waals surface area contributed by atoms with Crippen molar-refractivity contribution in [1.82, 2.24) is 0 Å². The molecular formula is C11H16. The van der Waals surface area contributed by atoms with Crippen molar-refractivity contribution >= 4 is 0 Å². The zero-order valence-corrected chi connectivity index (χ0v) is 7.22. The summed E-state index contributed by atoms with van der Waals surface area (Å²) in [5.41, 5.74) is 1.51. The first-order valence-electron chi connectivity index (χ1n) is 4.42. The van der Waals surface area contributed by atoms with Crippen LogP contribution in [0.2, 0.25) is 0 Å². The molecule has 0 aromatic rings. The van der Waals surface area contributed by atoms with Crippen LogP contribution < -0.4 is 0 Å². The van der Waals surface area contributed by atoms with Gasteiger partial charge in [0.1, 0.15) is 0 Å². The predicted molar refractivity (Wildman–Crippen MR) is 50.5 cm³/mol. The number of rotatable bonds is 2. The molecule has 0 aliphatic heterocycles. The van der Waals surface area contributed by atoms with Crippen molar-refractivity contribution < 1.29 is 0 Å². The maximum Gasteiger partial charge on any atom is -0.0282 e. The fourth-order valence-corrected chi connectivity index (χ4v) is 1.30. The topological polar surface area (TPSA) is 0 Å². The van der Waals surface area contributed by atoms with E-state index >= 15 is 0 Å². The van der Waals surface area contributed by atoms with E-state index in [1.807, 2.05) is 6.92 Å². The van der Waals surface area contributed by atoms with Gasteiger partial charge in [0.2, 0.25) is 0 Å². The summed E-state index contributed by atoms with van der Waals surface area (Å²) >= 11 is 0. The van der Waals surface area contributed by atoms with Crippen molar-refractivity contribution in [1.29, 1.82) is 0 Å². The van der Waals surface area contributed by atoms with Gasteiger partial charge in [-0.2, -0.15) is 0 Å². The molecule has 0 aromatic heterocycles. The highest BCUT2D eigenvalue weighted by atomic mass is 14.0. The molecule has 0 aromatic carbocycles. The van der Waals surface area contributed by atoms with E-state index in [0.717, 1.165) is 0 Å². The fraction of sp³-hybridized carbons (Fsp3) is 0.455. The molecule has 0 heterocycles. The molecule has 1 rings (SSSR count). The largest absolute Gasteiger partial charge is 0.0877 e. The van der Waals surface area contributed by atoms with E-state index in [4.69, 9.17) is 0 Å². The zero-order chi connectivity index (χ0) is 7.94. The van der Waals surface area contributed by atoms with E-state index in [1.165, 1.54) is 31.3 Å². The van der Waals surface area contributed by atoms with E-state index in [2.05, 4.69) is 30.4 Å². The van der Waals surface area contributed by atoms with Crippen LogP contribution in [-0.4, -0.2) is 0 Å². The SMILES string of the molecule is C/C=C\C=C/C1=CCCCC1. The van der Waals surface area contributed by atoms with Crippen LogP contribution in [0.5, 0.6) is 0 Å². The molecule has 0 unspecified atom stereocenters. The summed E-state index contributed by atoms with van der Waals surface area (Å²) in [7, 11) is 0. The van der Waals surface area contributed by atoms with Crippen molar-refractivity contribution in [3.05, 3.63) is 36.0 Å². The highest BCUT2D eigenvalue weighted by molar-refractivity contribution is 5.23. The van der Waals surface area contributed by atoms with Crippen molar-refractivity contribution in [2.45, 2.75) is 32.6 Å². The molecule has 0 nitrogen and oxygen atoms in total. The minimum atomic E-state index is 1.27. The molecule has 0 saturated heterocycles. The second kappa shape index (κ2) is 4.95. The van der Waals surface area contributed by atoms with Crippen LogP contribution >= 0.6 is 0 Å². The van der Waals surface area contributed by atoms with E-state index in [0.29, 0.717) is 0 Å². The van der Waals surface area contributed by atoms with Gasteiger partial charge in [0, 0.05) is 0 Å². The molecule has 1 aliphatic carbocycles. The molecule has 0 atom stereocenters. The van der Waals surface area contributed by atoms with Crippen LogP contribution in [-0.2, 0) is 0 Å². The molecule has 0 saturated carbocycles. The molecule has 0 spiro atoms. The summed E-state index contributed by atoms with van der Waals surface area (Å²) in [4.78, 5) is 0. The predicted octanol–water partition coefficient (Wildman–Crippen LogP) is 3.62. The van der Waals surface area contributed by atoms with Gasteiger partial charge < -0.3 is 0 Å². The monoisotopic (exact) mass is 148 g/mol. The van der Waals surface area contributed by atoms with Crippen LogP contribution in [0.3, 0.4) is 0 Å². The van der Waals surface area contributed by atoms with Crippen LogP contribution in [0, 0.1) is 0 Å². The van der Waals surface area contributed by atoms with E-state index in [9.17, 15) is 0 Å². The first-order valence-corrected chi connectivity index (χ1v) is 4.42. The lowest BCUT2D eigenvalue weighted by Gasteiger charge is -2.07. The first-order chi connectivity index (χ1) is 5.43. The lowest BCUT2D eigenvalue weighted by atomic mass is 9.99. The normalized spacial score (nSPS) is 19.5. The Morgan fingerprint density at radius 1 is 1.27 bits per heavy atom. The maximum atomic E-state index is 2.35. The standard InChI is InChI=1S/C11H16/c1-2-3-5-8-11-9-6-4-7-10-11/h2-3,5,8-9H,4,6-7,10H2,1H3/b3-2-,8-5-. The van der Waals surface area contributed by atoms with Crippen molar-refractivity contribution in [3.63, 3.8) is 0 Å². The first kappa shape index (κ1) is 8.32. The van der Waals surface area contributed by atoms with Crippen LogP contribution in [0.25, 0.3) is 0 Å². The van der Waals surface area contributed by atoms with E-state index < -0.39 is 0 Å². The summed E-state index contributed by atoms with van der Waals surface area (Å²) < 4.78 is 0.